The first-order chi connectivity index (χ1) is 15.2. The zero-order valence-corrected chi connectivity index (χ0v) is 17.9. The fraction of sp³-hybridized carbons (Fsp3) is 0.269. The number of phenolic OH excluding ortho intramolecular Hbond substituents is 1. The molecule has 0 bridgehead atoms. The molecular weight excluding hydrogens is 386 g/mol. The average Bonchev–Trinajstić information content (AvgIpc) is 2.82. The van der Waals surface area contributed by atoms with Crippen LogP contribution in [0.2, 0.25) is 0 Å². The highest BCUT2D eigenvalue weighted by molar-refractivity contribution is 5.80. The van der Waals surface area contributed by atoms with Crippen molar-refractivity contribution < 1.29 is 9.84 Å². The van der Waals surface area contributed by atoms with Gasteiger partial charge in [0.25, 0.3) is 0 Å². The summed E-state index contributed by atoms with van der Waals surface area (Å²) >= 11 is 0. The highest BCUT2D eigenvalue weighted by atomic mass is 16.5. The van der Waals surface area contributed by atoms with E-state index in [9.17, 15) is 5.11 Å². The van der Waals surface area contributed by atoms with Gasteiger partial charge in [-0.05, 0) is 41.8 Å². The van der Waals surface area contributed by atoms with Crippen LogP contribution in [-0.4, -0.2) is 54.0 Å². The van der Waals surface area contributed by atoms with Crippen LogP contribution in [0.1, 0.15) is 29.7 Å². The molecule has 0 unspecified atom stereocenters. The molecule has 5 nitrogen and oxygen atoms in total. The van der Waals surface area contributed by atoms with Crippen LogP contribution in [0.25, 0.3) is 0 Å². The van der Waals surface area contributed by atoms with Crippen LogP contribution >= 0.6 is 0 Å². The molecular formula is C26H29N3O2. The molecule has 3 aromatic carbocycles. The molecule has 3 aromatic rings. The maximum atomic E-state index is 9.87. The number of piperazine rings is 1. The van der Waals surface area contributed by atoms with E-state index < -0.39 is 0 Å². The Morgan fingerprint density at radius 1 is 0.903 bits per heavy atom. The van der Waals surface area contributed by atoms with Crippen molar-refractivity contribution >= 4 is 6.21 Å². The summed E-state index contributed by atoms with van der Waals surface area (Å²) in [5, 5.41) is 16.6. The molecule has 1 aliphatic heterocycles. The first-order valence-electron chi connectivity index (χ1n) is 10.8. The number of hydrogen-bond donors (Lipinski definition) is 1. The predicted octanol–water partition coefficient (Wildman–Crippen LogP) is 4.53. The van der Waals surface area contributed by atoms with E-state index in [4.69, 9.17) is 4.74 Å². The Kier molecular flexibility index (Phi) is 6.85. The van der Waals surface area contributed by atoms with Gasteiger partial charge in [0.2, 0.25) is 0 Å². The van der Waals surface area contributed by atoms with Crippen LogP contribution in [-0.2, 0) is 0 Å². The van der Waals surface area contributed by atoms with Crippen LogP contribution < -0.4 is 4.74 Å². The van der Waals surface area contributed by atoms with E-state index in [1.54, 1.807) is 6.07 Å². The summed E-state index contributed by atoms with van der Waals surface area (Å²) in [6.07, 6.45) is 1.84. The van der Waals surface area contributed by atoms with Gasteiger partial charge in [-0.3, -0.25) is 9.91 Å². The summed E-state index contributed by atoms with van der Waals surface area (Å²) in [6, 6.07) is 27.0. The van der Waals surface area contributed by atoms with Gasteiger partial charge in [0.1, 0.15) is 0 Å². The molecule has 0 aliphatic carbocycles. The minimum Gasteiger partial charge on any atom is -0.504 e. The second-order valence-corrected chi connectivity index (χ2v) is 7.62. The molecule has 0 saturated carbocycles. The Bertz CT molecular complexity index is 945. The summed E-state index contributed by atoms with van der Waals surface area (Å²) in [5.41, 5.74) is 3.55. The van der Waals surface area contributed by atoms with E-state index in [2.05, 4.69) is 75.7 Å². The van der Waals surface area contributed by atoms with Gasteiger partial charge < -0.3 is 9.84 Å². The molecule has 1 heterocycles. The molecule has 0 radical (unpaired) electrons. The topological polar surface area (TPSA) is 48.3 Å². The van der Waals surface area contributed by atoms with Gasteiger partial charge in [-0.2, -0.15) is 5.10 Å². The van der Waals surface area contributed by atoms with Gasteiger partial charge in [-0.15, -0.1) is 0 Å². The highest BCUT2D eigenvalue weighted by Gasteiger charge is 2.25. The Hall–Kier alpha value is -3.31. The van der Waals surface area contributed by atoms with Gasteiger partial charge >= 0.3 is 0 Å². The predicted molar refractivity (Wildman–Crippen MR) is 125 cm³/mol. The number of benzene rings is 3. The van der Waals surface area contributed by atoms with E-state index in [1.165, 1.54) is 11.1 Å². The van der Waals surface area contributed by atoms with E-state index in [0.717, 1.165) is 31.7 Å². The average molecular weight is 416 g/mol. The first-order valence-corrected chi connectivity index (χ1v) is 10.8. The van der Waals surface area contributed by atoms with Crippen LogP contribution in [0.15, 0.2) is 84.0 Å². The molecule has 0 spiro atoms. The van der Waals surface area contributed by atoms with Gasteiger partial charge in [-0.1, -0.05) is 60.7 Å². The lowest BCUT2D eigenvalue weighted by atomic mass is 9.96. The fourth-order valence-corrected chi connectivity index (χ4v) is 4.00. The Morgan fingerprint density at radius 3 is 2.10 bits per heavy atom. The largest absolute Gasteiger partial charge is 0.504 e. The molecule has 0 amide bonds. The van der Waals surface area contributed by atoms with Crippen LogP contribution in [0.4, 0.5) is 0 Å². The minimum atomic E-state index is 0.153. The number of rotatable bonds is 7. The quantitative estimate of drug-likeness (QED) is 0.576. The molecule has 160 valence electrons. The number of aromatic hydroxyl groups is 1. The highest BCUT2D eigenvalue weighted by Crippen LogP contribution is 2.29. The molecule has 5 heteroatoms. The number of phenols is 1. The zero-order valence-electron chi connectivity index (χ0n) is 17.9. The molecule has 31 heavy (non-hydrogen) atoms. The molecule has 0 atom stereocenters. The summed E-state index contributed by atoms with van der Waals surface area (Å²) in [6.45, 7) is 6.02. The van der Waals surface area contributed by atoms with Gasteiger partial charge in [0, 0.05) is 26.2 Å². The summed E-state index contributed by atoms with van der Waals surface area (Å²) < 4.78 is 5.46. The van der Waals surface area contributed by atoms with Gasteiger partial charge in [-0.25, -0.2) is 0 Å². The van der Waals surface area contributed by atoms with E-state index in [0.29, 0.717) is 12.4 Å². The monoisotopic (exact) mass is 415 g/mol. The van der Waals surface area contributed by atoms with E-state index >= 15 is 0 Å². The summed E-state index contributed by atoms with van der Waals surface area (Å²) in [4.78, 5) is 2.53. The normalized spacial score (nSPS) is 15.0. The third-order valence-electron chi connectivity index (χ3n) is 5.54. The van der Waals surface area contributed by atoms with Gasteiger partial charge in [0.15, 0.2) is 11.5 Å². The van der Waals surface area contributed by atoms with Crippen LogP contribution in [0.3, 0.4) is 0 Å². The van der Waals surface area contributed by atoms with Crippen LogP contribution in [0.5, 0.6) is 11.5 Å². The second-order valence-electron chi connectivity index (χ2n) is 7.62. The zero-order chi connectivity index (χ0) is 21.5. The van der Waals surface area contributed by atoms with Crippen molar-refractivity contribution in [3.63, 3.8) is 0 Å². The molecule has 1 saturated heterocycles. The number of nitrogens with zero attached hydrogens (tertiary/aromatic N) is 3. The smallest absolute Gasteiger partial charge is 0.161 e. The van der Waals surface area contributed by atoms with Crippen molar-refractivity contribution in [3.05, 3.63) is 95.6 Å². The number of hydrogen-bond acceptors (Lipinski definition) is 5. The Balaban J connectivity index is 1.43. The maximum Gasteiger partial charge on any atom is 0.161 e. The van der Waals surface area contributed by atoms with E-state index in [-0.39, 0.29) is 11.8 Å². The number of ether oxygens (including phenoxy) is 1. The van der Waals surface area contributed by atoms with Crippen LogP contribution in [0, 0.1) is 0 Å². The van der Waals surface area contributed by atoms with Gasteiger partial charge in [0.05, 0.1) is 18.9 Å². The van der Waals surface area contributed by atoms with Crippen molar-refractivity contribution in [2.45, 2.75) is 13.0 Å². The summed E-state index contributed by atoms with van der Waals surface area (Å²) in [7, 11) is 0. The molecule has 1 aliphatic rings. The third kappa shape index (κ3) is 5.25. The maximum absolute atomic E-state index is 9.87. The molecule has 4 rings (SSSR count). The van der Waals surface area contributed by atoms with Crippen molar-refractivity contribution in [2.24, 2.45) is 5.10 Å². The lowest BCUT2D eigenvalue weighted by Crippen LogP contribution is -2.45. The molecule has 1 fully saturated rings. The lowest BCUT2D eigenvalue weighted by molar-refractivity contribution is 0.113. The standard InChI is InChI=1S/C26H29N3O2/c1-2-31-25-19-21(13-14-24(25)30)20-27-29-17-15-28(16-18-29)26(22-9-5-3-6-10-22)23-11-7-4-8-12-23/h3-14,19-20,26,30H,2,15-18H2,1H3. The Morgan fingerprint density at radius 2 is 1.52 bits per heavy atom. The minimum absolute atomic E-state index is 0.153. The SMILES string of the molecule is CCOc1cc(C=NN2CCN(C(c3ccccc3)c3ccccc3)CC2)ccc1O. The van der Waals surface area contributed by atoms with Crippen molar-refractivity contribution in [1.82, 2.24) is 9.91 Å². The first kappa shape index (κ1) is 20.9. The van der Waals surface area contributed by atoms with Crippen molar-refractivity contribution in [1.29, 1.82) is 0 Å². The Labute approximate surface area is 184 Å². The lowest BCUT2D eigenvalue weighted by Gasteiger charge is -2.38. The molecule has 1 N–H and O–H groups in total. The van der Waals surface area contributed by atoms with E-state index in [1.807, 2.05) is 25.3 Å². The second kappa shape index (κ2) is 10.1. The summed E-state index contributed by atoms with van der Waals surface area (Å²) in [5.74, 6) is 0.644. The van der Waals surface area contributed by atoms with Crippen molar-refractivity contribution in [2.75, 3.05) is 32.8 Å². The van der Waals surface area contributed by atoms with Crippen molar-refractivity contribution in [3.8, 4) is 11.5 Å². The third-order valence-corrected chi connectivity index (χ3v) is 5.54. The molecule has 0 aromatic heterocycles. The fourth-order valence-electron chi connectivity index (χ4n) is 4.00. The number of hydrazone groups is 1.